The zero-order valence-electron chi connectivity index (χ0n) is 7.15. The minimum absolute atomic E-state index is 0.350. The number of ether oxygens (including phenoxy) is 1. The van der Waals surface area contributed by atoms with Gasteiger partial charge in [-0.1, -0.05) is 5.92 Å². The second kappa shape index (κ2) is 4.62. The van der Waals surface area contributed by atoms with Crippen molar-refractivity contribution in [1.29, 1.82) is 0 Å². The van der Waals surface area contributed by atoms with E-state index in [0.717, 1.165) is 0 Å². The lowest BCUT2D eigenvalue weighted by atomic mass is 10.0. The van der Waals surface area contributed by atoms with Crippen molar-refractivity contribution in [3.8, 4) is 12.3 Å². The fraction of sp³-hybridized carbons (Fsp3) is 0.625. The predicted molar refractivity (Wildman–Crippen MR) is 44.1 cm³/mol. The van der Waals surface area contributed by atoms with E-state index in [0.29, 0.717) is 0 Å². The lowest BCUT2D eigenvalue weighted by molar-refractivity contribution is -0.00103. The number of terminal acetylenes is 1. The second-order valence-corrected chi connectivity index (χ2v) is 2.60. The molecule has 0 saturated carbocycles. The highest BCUT2D eigenvalue weighted by atomic mass is 16.6. The lowest BCUT2D eigenvalue weighted by Gasteiger charge is -2.21. The van der Waals surface area contributed by atoms with Crippen molar-refractivity contribution in [2.24, 2.45) is 11.7 Å². The molecule has 1 amide bonds. The van der Waals surface area contributed by atoms with Crippen LogP contribution in [0.25, 0.3) is 0 Å². The molecule has 0 aliphatic rings. The molecule has 0 saturated heterocycles. The third-order valence-corrected chi connectivity index (χ3v) is 1.48. The van der Waals surface area contributed by atoms with E-state index in [-0.39, 0.29) is 5.92 Å². The molecule has 0 rings (SSSR count). The fourth-order valence-electron chi connectivity index (χ4n) is 0.847. The number of aliphatic hydroxyl groups is 1. The Hall–Kier alpha value is -1.21. The normalized spacial score (nSPS) is 17.2. The summed E-state index contributed by atoms with van der Waals surface area (Å²) in [5, 5.41) is 9.13. The van der Waals surface area contributed by atoms with E-state index in [4.69, 9.17) is 17.3 Å². The Morgan fingerprint density at radius 1 is 1.67 bits per heavy atom. The molecular formula is C8H13NO3. The zero-order chi connectivity index (χ0) is 9.72. The maximum absolute atomic E-state index is 10.4. The molecule has 3 N–H and O–H groups in total. The number of hydrogen-bond acceptors (Lipinski definition) is 3. The molecule has 0 heterocycles. The number of carbonyl (C=O) groups is 1. The van der Waals surface area contributed by atoms with Crippen LogP contribution in [0.2, 0.25) is 0 Å². The maximum Gasteiger partial charge on any atom is 0.404 e. The van der Waals surface area contributed by atoms with Crippen molar-refractivity contribution in [2.45, 2.75) is 26.1 Å². The summed E-state index contributed by atoms with van der Waals surface area (Å²) in [6.07, 6.45) is 2.62. The Balaban J connectivity index is 4.25. The standard InChI is InChI=1S/C8H13NO3/c1-4-5(2)7(6(3)10)12-8(9)11/h1,5-7,10H,2-3H3,(H2,9,11)/t5-,6-,7+/m1/s1. The molecule has 0 bridgehead atoms. The van der Waals surface area contributed by atoms with Crippen LogP contribution in [0.5, 0.6) is 0 Å². The van der Waals surface area contributed by atoms with Gasteiger partial charge in [0.1, 0.15) is 6.10 Å². The first kappa shape index (κ1) is 10.8. The van der Waals surface area contributed by atoms with Crippen molar-refractivity contribution in [3.63, 3.8) is 0 Å². The van der Waals surface area contributed by atoms with Gasteiger partial charge in [0.15, 0.2) is 0 Å². The summed E-state index contributed by atoms with van der Waals surface area (Å²) < 4.78 is 4.61. The minimum atomic E-state index is -0.928. The number of carbonyl (C=O) groups excluding carboxylic acids is 1. The van der Waals surface area contributed by atoms with Gasteiger partial charge in [0.25, 0.3) is 0 Å². The van der Waals surface area contributed by atoms with Crippen molar-refractivity contribution in [3.05, 3.63) is 0 Å². The summed E-state index contributed by atoms with van der Waals surface area (Å²) in [5.74, 6) is 2.01. The molecule has 0 aromatic rings. The van der Waals surface area contributed by atoms with E-state index >= 15 is 0 Å². The van der Waals surface area contributed by atoms with Gasteiger partial charge in [-0.05, 0) is 13.8 Å². The van der Waals surface area contributed by atoms with Gasteiger partial charge in [-0.3, -0.25) is 0 Å². The van der Waals surface area contributed by atoms with Gasteiger partial charge in [0.05, 0.1) is 12.0 Å². The summed E-state index contributed by atoms with van der Waals surface area (Å²) >= 11 is 0. The average Bonchev–Trinajstić information content (AvgIpc) is 1.98. The van der Waals surface area contributed by atoms with Crippen LogP contribution in [0, 0.1) is 18.3 Å². The lowest BCUT2D eigenvalue weighted by Crippen LogP contribution is -2.36. The van der Waals surface area contributed by atoms with Gasteiger partial charge in [-0.2, -0.15) is 0 Å². The minimum Gasteiger partial charge on any atom is -0.442 e. The molecule has 0 aromatic heterocycles. The summed E-state index contributed by atoms with van der Waals surface area (Å²) in [6.45, 7) is 3.15. The van der Waals surface area contributed by atoms with E-state index in [2.05, 4.69) is 10.7 Å². The van der Waals surface area contributed by atoms with Crippen LogP contribution >= 0.6 is 0 Å². The van der Waals surface area contributed by atoms with Gasteiger partial charge in [0, 0.05) is 0 Å². The van der Waals surface area contributed by atoms with Crippen LogP contribution in [-0.2, 0) is 4.74 Å². The van der Waals surface area contributed by atoms with Crippen LogP contribution in [-0.4, -0.2) is 23.4 Å². The summed E-state index contributed by atoms with van der Waals surface area (Å²) in [5.41, 5.74) is 4.78. The Morgan fingerprint density at radius 2 is 2.17 bits per heavy atom. The van der Waals surface area contributed by atoms with E-state index < -0.39 is 18.3 Å². The monoisotopic (exact) mass is 171 g/mol. The molecule has 3 atom stereocenters. The van der Waals surface area contributed by atoms with Crippen LogP contribution in [0.4, 0.5) is 4.79 Å². The molecule has 4 nitrogen and oxygen atoms in total. The molecular weight excluding hydrogens is 158 g/mol. The molecule has 0 aliphatic heterocycles. The highest BCUT2D eigenvalue weighted by Crippen LogP contribution is 2.10. The van der Waals surface area contributed by atoms with Crippen LogP contribution in [0.15, 0.2) is 0 Å². The maximum atomic E-state index is 10.4. The highest BCUT2D eigenvalue weighted by Gasteiger charge is 2.23. The highest BCUT2D eigenvalue weighted by molar-refractivity contribution is 5.64. The molecule has 0 fully saturated rings. The van der Waals surface area contributed by atoms with E-state index in [1.54, 1.807) is 6.92 Å². The molecule has 0 aliphatic carbocycles. The first-order valence-electron chi connectivity index (χ1n) is 3.59. The van der Waals surface area contributed by atoms with Gasteiger partial charge < -0.3 is 15.6 Å². The van der Waals surface area contributed by atoms with Crippen molar-refractivity contribution in [2.75, 3.05) is 0 Å². The summed E-state index contributed by atoms with van der Waals surface area (Å²) in [7, 11) is 0. The largest absolute Gasteiger partial charge is 0.442 e. The molecule has 12 heavy (non-hydrogen) atoms. The first-order valence-corrected chi connectivity index (χ1v) is 3.59. The third-order valence-electron chi connectivity index (χ3n) is 1.48. The summed E-state index contributed by atoms with van der Waals surface area (Å²) in [4.78, 5) is 10.4. The molecule has 0 unspecified atom stereocenters. The topological polar surface area (TPSA) is 72.5 Å². The van der Waals surface area contributed by atoms with Gasteiger partial charge in [-0.15, -0.1) is 6.42 Å². The van der Waals surface area contributed by atoms with Crippen LogP contribution < -0.4 is 5.73 Å². The average molecular weight is 171 g/mol. The molecule has 68 valence electrons. The van der Waals surface area contributed by atoms with Gasteiger partial charge in [-0.25, -0.2) is 4.79 Å². The van der Waals surface area contributed by atoms with Crippen molar-refractivity contribution >= 4 is 6.09 Å². The third kappa shape index (κ3) is 3.26. The van der Waals surface area contributed by atoms with E-state index in [9.17, 15) is 4.79 Å². The number of amides is 1. The van der Waals surface area contributed by atoms with Crippen molar-refractivity contribution < 1.29 is 14.6 Å². The number of aliphatic hydroxyl groups excluding tert-OH is 1. The summed E-state index contributed by atoms with van der Waals surface area (Å²) in [6, 6.07) is 0. The quantitative estimate of drug-likeness (QED) is 0.591. The number of nitrogens with two attached hydrogens (primary N) is 1. The molecule has 0 aromatic carbocycles. The smallest absolute Gasteiger partial charge is 0.404 e. The molecule has 0 radical (unpaired) electrons. The Morgan fingerprint density at radius 3 is 2.42 bits per heavy atom. The van der Waals surface area contributed by atoms with Crippen LogP contribution in [0.3, 0.4) is 0 Å². The SMILES string of the molecule is C#C[C@@H](C)[C@H](OC(N)=O)[C@@H](C)O. The van der Waals surface area contributed by atoms with E-state index in [1.807, 2.05) is 0 Å². The molecule has 4 heteroatoms. The number of hydrogen-bond donors (Lipinski definition) is 2. The Kier molecular flexibility index (Phi) is 4.16. The Bertz CT molecular complexity index is 195. The van der Waals surface area contributed by atoms with Crippen molar-refractivity contribution in [1.82, 2.24) is 0 Å². The Labute approximate surface area is 71.7 Å². The number of primary amides is 1. The first-order chi connectivity index (χ1) is 5.49. The molecule has 0 spiro atoms. The van der Waals surface area contributed by atoms with E-state index in [1.165, 1.54) is 6.92 Å². The fourth-order valence-corrected chi connectivity index (χ4v) is 0.847. The second-order valence-electron chi connectivity index (χ2n) is 2.60. The van der Waals surface area contributed by atoms with Gasteiger partial charge in [0.2, 0.25) is 0 Å². The predicted octanol–water partition coefficient (Wildman–Crippen LogP) is 0.100. The van der Waals surface area contributed by atoms with Gasteiger partial charge >= 0.3 is 6.09 Å². The number of rotatable bonds is 3. The zero-order valence-corrected chi connectivity index (χ0v) is 7.15. The van der Waals surface area contributed by atoms with Crippen LogP contribution in [0.1, 0.15) is 13.8 Å².